The molecule has 2 heterocycles. The van der Waals surface area contributed by atoms with E-state index in [-0.39, 0.29) is 22.7 Å². The second-order valence-electron chi connectivity index (χ2n) is 5.10. The van der Waals surface area contributed by atoms with Crippen LogP contribution in [0.4, 0.5) is 0 Å². The van der Waals surface area contributed by atoms with E-state index in [4.69, 9.17) is 0 Å². The molecule has 0 aliphatic rings. The number of nitrogens with zero attached hydrogens (tertiary/aromatic N) is 3. The fraction of sp³-hybridized carbons (Fsp3) is 0.125. The van der Waals surface area contributed by atoms with Crippen LogP contribution >= 0.6 is 0 Å². The van der Waals surface area contributed by atoms with E-state index < -0.39 is 10.0 Å². The van der Waals surface area contributed by atoms with Gasteiger partial charge in [-0.15, -0.1) is 0 Å². The lowest BCUT2D eigenvalue weighted by molar-refractivity contribution is 0.466. The van der Waals surface area contributed by atoms with Gasteiger partial charge >= 0.3 is 0 Å². The summed E-state index contributed by atoms with van der Waals surface area (Å²) < 4.78 is 27.0. The molecule has 0 aliphatic carbocycles. The molecule has 118 valence electrons. The molecule has 0 amide bonds. The largest absolute Gasteiger partial charge is 0.506 e. The van der Waals surface area contributed by atoms with Crippen molar-refractivity contribution >= 4 is 20.9 Å². The first kappa shape index (κ1) is 15.4. The molecule has 0 saturated heterocycles. The molecule has 6 nitrogen and oxygen atoms in total. The number of rotatable bonds is 4. The summed E-state index contributed by atoms with van der Waals surface area (Å²) in [5, 5.41) is 10.3. The van der Waals surface area contributed by atoms with E-state index in [2.05, 4.69) is 9.97 Å². The quantitative estimate of drug-likeness (QED) is 0.793. The van der Waals surface area contributed by atoms with Crippen LogP contribution in [0, 0.1) is 0 Å². The molecule has 0 aliphatic heterocycles. The molecule has 3 rings (SSSR count). The van der Waals surface area contributed by atoms with Gasteiger partial charge in [0.25, 0.3) is 0 Å². The Labute approximate surface area is 134 Å². The van der Waals surface area contributed by atoms with E-state index in [1.807, 2.05) is 6.07 Å². The third kappa shape index (κ3) is 2.88. The van der Waals surface area contributed by atoms with Crippen molar-refractivity contribution in [2.24, 2.45) is 0 Å². The first-order valence-corrected chi connectivity index (χ1v) is 8.36. The van der Waals surface area contributed by atoms with Crippen LogP contribution in [0.1, 0.15) is 5.56 Å². The molecule has 0 saturated carbocycles. The fourth-order valence-electron chi connectivity index (χ4n) is 2.36. The molecule has 0 radical (unpaired) electrons. The Hall–Kier alpha value is -2.51. The Balaban J connectivity index is 2.05. The minimum absolute atomic E-state index is 0.0468. The van der Waals surface area contributed by atoms with E-state index >= 15 is 0 Å². The van der Waals surface area contributed by atoms with Crippen LogP contribution in [0.15, 0.2) is 59.9 Å². The van der Waals surface area contributed by atoms with Crippen molar-refractivity contribution in [1.29, 1.82) is 0 Å². The van der Waals surface area contributed by atoms with E-state index in [0.717, 1.165) is 5.56 Å². The summed E-state index contributed by atoms with van der Waals surface area (Å²) >= 11 is 0. The summed E-state index contributed by atoms with van der Waals surface area (Å²) in [7, 11) is -2.21. The monoisotopic (exact) mass is 329 g/mol. The summed E-state index contributed by atoms with van der Waals surface area (Å²) in [5.74, 6) is -0.0468. The predicted molar refractivity (Wildman–Crippen MR) is 86.3 cm³/mol. The van der Waals surface area contributed by atoms with E-state index in [1.165, 1.54) is 29.7 Å². The van der Waals surface area contributed by atoms with Crippen LogP contribution in [-0.4, -0.2) is 34.8 Å². The molecule has 23 heavy (non-hydrogen) atoms. The van der Waals surface area contributed by atoms with Gasteiger partial charge in [-0.05, 0) is 35.9 Å². The van der Waals surface area contributed by atoms with Gasteiger partial charge in [-0.2, -0.15) is 4.31 Å². The molecule has 0 fully saturated rings. The summed E-state index contributed by atoms with van der Waals surface area (Å²) in [6.07, 6.45) is 4.78. The number of phenols is 1. The Bertz CT molecular complexity index is 943. The number of fused-ring (bicyclic) bond motifs is 1. The number of phenolic OH excluding ortho intramolecular Hbond substituents is 1. The Morgan fingerprint density at radius 3 is 2.65 bits per heavy atom. The third-order valence-electron chi connectivity index (χ3n) is 3.52. The highest BCUT2D eigenvalue weighted by Crippen LogP contribution is 2.30. The average molecular weight is 329 g/mol. The van der Waals surface area contributed by atoms with Crippen molar-refractivity contribution in [1.82, 2.24) is 14.3 Å². The molecule has 0 atom stereocenters. The topological polar surface area (TPSA) is 83.4 Å². The summed E-state index contributed by atoms with van der Waals surface area (Å²) in [4.78, 5) is 8.16. The van der Waals surface area contributed by atoms with Gasteiger partial charge in [-0.1, -0.05) is 6.07 Å². The normalized spacial score (nSPS) is 11.9. The molecule has 0 spiro atoms. The van der Waals surface area contributed by atoms with Gasteiger partial charge in [-0.25, -0.2) is 8.42 Å². The Kier molecular flexibility index (Phi) is 3.97. The highest BCUT2D eigenvalue weighted by Gasteiger charge is 2.24. The minimum Gasteiger partial charge on any atom is -0.506 e. The first-order chi connectivity index (χ1) is 11.0. The van der Waals surface area contributed by atoms with Gasteiger partial charge in [0, 0.05) is 37.6 Å². The Morgan fingerprint density at radius 1 is 1.13 bits per heavy atom. The summed E-state index contributed by atoms with van der Waals surface area (Å²) in [6, 6.07) is 9.59. The van der Waals surface area contributed by atoms with Crippen LogP contribution in [-0.2, 0) is 16.6 Å². The first-order valence-electron chi connectivity index (χ1n) is 6.92. The predicted octanol–water partition coefficient (Wildman–Crippen LogP) is 2.16. The van der Waals surface area contributed by atoms with Crippen LogP contribution in [0.3, 0.4) is 0 Å². The lowest BCUT2D eigenvalue weighted by Crippen LogP contribution is -2.26. The van der Waals surface area contributed by atoms with Gasteiger partial charge in [0.1, 0.15) is 11.3 Å². The van der Waals surface area contributed by atoms with Crippen molar-refractivity contribution < 1.29 is 13.5 Å². The van der Waals surface area contributed by atoms with Crippen LogP contribution in [0.5, 0.6) is 5.75 Å². The highest BCUT2D eigenvalue weighted by molar-refractivity contribution is 7.89. The van der Waals surface area contributed by atoms with Crippen molar-refractivity contribution in [3.8, 4) is 5.75 Å². The van der Waals surface area contributed by atoms with Gasteiger partial charge in [0.05, 0.1) is 4.90 Å². The number of hydrogen-bond acceptors (Lipinski definition) is 5. The number of pyridine rings is 2. The van der Waals surface area contributed by atoms with Crippen molar-refractivity contribution in [3.63, 3.8) is 0 Å². The number of aromatic nitrogens is 2. The average Bonchev–Trinajstić information content (AvgIpc) is 2.56. The summed E-state index contributed by atoms with van der Waals surface area (Å²) in [5.41, 5.74) is 1.06. The number of benzene rings is 1. The van der Waals surface area contributed by atoms with Crippen molar-refractivity contribution in [2.75, 3.05) is 7.05 Å². The maximum atomic E-state index is 12.9. The van der Waals surface area contributed by atoms with Gasteiger partial charge in [0.2, 0.25) is 10.0 Å². The van der Waals surface area contributed by atoms with E-state index in [1.54, 1.807) is 30.6 Å². The molecule has 1 N–H and O–H groups in total. The van der Waals surface area contributed by atoms with Gasteiger partial charge in [0.15, 0.2) is 0 Å². The molecule has 1 aromatic carbocycles. The van der Waals surface area contributed by atoms with Crippen LogP contribution in [0.2, 0.25) is 0 Å². The van der Waals surface area contributed by atoms with Crippen LogP contribution in [0.25, 0.3) is 10.9 Å². The molecular formula is C16H15N3O3S. The zero-order chi connectivity index (χ0) is 16.4. The van der Waals surface area contributed by atoms with Crippen LogP contribution < -0.4 is 0 Å². The second-order valence-corrected chi connectivity index (χ2v) is 7.12. The maximum absolute atomic E-state index is 12.9. The molecule has 3 aromatic rings. The van der Waals surface area contributed by atoms with E-state index in [0.29, 0.717) is 5.39 Å². The summed E-state index contributed by atoms with van der Waals surface area (Å²) in [6.45, 7) is 0.207. The second kappa shape index (κ2) is 5.94. The molecule has 0 bridgehead atoms. The van der Waals surface area contributed by atoms with Gasteiger partial charge < -0.3 is 5.11 Å². The standard InChI is InChI=1S/C16H15N3O3S/c1-19(11-12-4-2-8-17-10-12)23(21,22)15-7-6-14(20)16-13(15)5-3-9-18-16/h2-10,20H,11H2,1H3. The molecular weight excluding hydrogens is 314 g/mol. The Morgan fingerprint density at radius 2 is 1.91 bits per heavy atom. The van der Waals surface area contributed by atoms with Crippen molar-refractivity contribution in [2.45, 2.75) is 11.4 Å². The smallest absolute Gasteiger partial charge is 0.243 e. The SMILES string of the molecule is CN(Cc1cccnc1)S(=O)(=O)c1ccc(O)c2ncccc12. The van der Waals surface area contributed by atoms with Crippen molar-refractivity contribution in [3.05, 3.63) is 60.6 Å². The number of hydrogen-bond donors (Lipinski definition) is 1. The zero-order valence-corrected chi connectivity index (χ0v) is 13.2. The number of aromatic hydroxyl groups is 1. The molecule has 7 heteroatoms. The molecule has 2 aromatic heterocycles. The lowest BCUT2D eigenvalue weighted by Gasteiger charge is -2.18. The maximum Gasteiger partial charge on any atom is 0.243 e. The molecule has 0 unspecified atom stereocenters. The lowest BCUT2D eigenvalue weighted by atomic mass is 10.2. The van der Waals surface area contributed by atoms with E-state index in [9.17, 15) is 13.5 Å². The number of sulfonamides is 1. The third-order valence-corrected chi connectivity index (χ3v) is 5.39. The zero-order valence-electron chi connectivity index (χ0n) is 12.4. The minimum atomic E-state index is -3.73. The fourth-order valence-corrected chi connectivity index (χ4v) is 3.70. The highest BCUT2D eigenvalue weighted by atomic mass is 32.2. The van der Waals surface area contributed by atoms with Gasteiger partial charge in [-0.3, -0.25) is 9.97 Å².